The highest BCUT2D eigenvalue weighted by Crippen LogP contribution is 2.36. The Morgan fingerprint density at radius 1 is 1.10 bits per heavy atom. The molecule has 1 aromatic carbocycles. The molecule has 0 amide bonds. The van der Waals surface area contributed by atoms with Crippen LogP contribution in [-0.2, 0) is 6.18 Å². The Kier molecular flexibility index (Phi) is 3.76. The van der Waals surface area contributed by atoms with Gasteiger partial charge in [0.05, 0.1) is 10.2 Å². The predicted octanol–water partition coefficient (Wildman–Crippen LogP) is 4.91. The topological polar surface area (TPSA) is 38.7 Å². The van der Waals surface area contributed by atoms with E-state index >= 15 is 0 Å². The fourth-order valence-electron chi connectivity index (χ4n) is 1.58. The van der Waals surface area contributed by atoms with Crippen LogP contribution in [0, 0.1) is 0 Å². The van der Waals surface area contributed by atoms with Crippen molar-refractivity contribution in [1.82, 2.24) is 15.0 Å². The molecule has 2 heterocycles. The van der Waals surface area contributed by atoms with Crippen molar-refractivity contribution in [3.63, 3.8) is 0 Å². The third-order valence-corrected chi connectivity index (χ3v) is 4.62. The van der Waals surface area contributed by atoms with Gasteiger partial charge in [-0.3, -0.25) is 0 Å². The molecule has 0 atom stereocenters. The number of nitrogens with zero attached hydrogens (tertiary/aromatic N) is 3. The maximum atomic E-state index is 12.7. The lowest BCUT2D eigenvalue weighted by Gasteiger charge is -2.06. The van der Waals surface area contributed by atoms with Gasteiger partial charge < -0.3 is 0 Å². The molecule has 0 fully saturated rings. The molecular weight excluding hydrogens is 343 g/mol. The highest BCUT2D eigenvalue weighted by atomic mass is 35.5. The third-order valence-electron chi connectivity index (χ3n) is 2.43. The molecule has 0 N–H and O–H groups in total. The minimum atomic E-state index is -4.56. The largest absolute Gasteiger partial charge is 0.433 e. The maximum Gasteiger partial charge on any atom is 0.433 e. The second kappa shape index (κ2) is 5.43. The summed E-state index contributed by atoms with van der Waals surface area (Å²) in [6.45, 7) is 0. The van der Waals surface area contributed by atoms with Crippen LogP contribution < -0.4 is 0 Å². The normalized spacial score (nSPS) is 12.0. The van der Waals surface area contributed by atoms with E-state index in [2.05, 4.69) is 15.0 Å². The minimum absolute atomic E-state index is 0.112. The van der Waals surface area contributed by atoms with Crippen LogP contribution in [-0.4, -0.2) is 15.0 Å². The smallest absolute Gasteiger partial charge is 0.229 e. The number of fused-ring (bicyclic) bond motifs is 1. The van der Waals surface area contributed by atoms with E-state index in [9.17, 15) is 13.2 Å². The zero-order valence-corrected chi connectivity index (χ0v) is 12.4. The van der Waals surface area contributed by atoms with Gasteiger partial charge in [-0.1, -0.05) is 12.1 Å². The average molecular weight is 348 g/mol. The van der Waals surface area contributed by atoms with Gasteiger partial charge in [0.2, 0.25) is 5.28 Å². The SMILES string of the molecule is FC(F)(F)c1cc(Sc2nc3ccccc3s2)nc(Cl)n1. The number of para-hydroxylation sites is 1. The Labute approximate surface area is 130 Å². The number of hydrogen-bond acceptors (Lipinski definition) is 5. The summed E-state index contributed by atoms with van der Waals surface area (Å²) in [7, 11) is 0. The van der Waals surface area contributed by atoms with Gasteiger partial charge in [-0.2, -0.15) is 13.2 Å². The number of rotatable bonds is 2. The lowest BCUT2D eigenvalue weighted by atomic mass is 10.3. The van der Waals surface area contributed by atoms with Gasteiger partial charge in [0.1, 0.15) is 5.03 Å². The van der Waals surface area contributed by atoms with Gasteiger partial charge in [0, 0.05) is 6.07 Å². The lowest BCUT2D eigenvalue weighted by molar-refractivity contribution is -0.141. The molecule has 3 nitrogen and oxygen atoms in total. The Balaban J connectivity index is 1.95. The van der Waals surface area contributed by atoms with Crippen molar-refractivity contribution < 1.29 is 13.2 Å². The number of hydrogen-bond donors (Lipinski definition) is 0. The van der Waals surface area contributed by atoms with Crippen molar-refractivity contribution in [2.24, 2.45) is 0 Å². The minimum Gasteiger partial charge on any atom is -0.229 e. The third kappa shape index (κ3) is 3.28. The van der Waals surface area contributed by atoms with Crippen LogP contribution in [0.3, 0.4) is 0 Å². The van der Waals surface area contributed by atoms with E-state index in [1.807, 2.05) is 24.3 Å². The first-order chi connectivity index (χ1) is 9.91. The van der Waals surface area contributed by atoms with Crippen molar-refractivity contribution in [3.05, 3.63) is 41.3 Å². The molecule has 0 radical (unpaired) electrons. The summed E-state index contributed by atoms with van der Waals surface area (Å²) >= 11 is 7.96. The fourth-order valence-corrected chi connectivity index (χ4v) is 3.83. The molecular formula is C12H5ClF3N3S2. The molecule has 0 saturated heterocycles. The van der Waals surface area contributed by atoms with Crippen molar-refractivity contribution in [2.45, 2.75) is 15.5 Å². The Morgan fingerprint density at radius 2 is 1.86 bits per heavy atom. The van der Waals surface area contributed by atoms with E-state index < -0.39 is 17.2 Å². The molecule has 0 unspecified atom stereocenters. The average Bonchev–Trinajstić information content (AvgIpc) is 2.79. The summed E-state index contributed by atoms with van der Waals surface area (Å²) in [6.07, 6.45) is -4.56. The van der Waals surface area contributed by atoms with E-state index in [0.717, 1.165) is 28.0 Å². The Bertz CT molecular complexity index is 771. The van der Waals surface area contributed by atoms with Crippen LogP contribution >= 0.6 is 34.7 Å². The highest BCUT2D eigenvalue weighted by molar-refractivity contribution is 8.01. The number of halogens is 4. The quantitative estimate of drug-likeness (QED) is 0.487. The van der Waals surface area contributed by atoms with E-state index in [4.69, 9.17) is 11.6 Å². The first-order valence-electron chi connectivity index (χ1n) is 5.57. The van der Waals surface area contributed by atoms with Gasteiger partial charge in [0.25, 0.3) is 0 Å². The number of aromatic nitrogens is 3. The van der Waals surface area contributed by atoms with Gasteiger partial charge in [-0.15, -0.1) is 11.3 Å². The maximum absolute atomic E-state index is 12.7. The molecule has 9 heteroatoms. The van der Waals surface area contributed by atoms with Crippen LogP contribution in [0.15, 0.2) is 39.7 Å². The summed E-state index contributed by atoms with van der Waals surface area (Å²) in [4.78, 5) is 11.3. The van der Waals surface area contributed by atoms with Crippen LogP contribution in [0.5, 0.6) is 0 Å². The molecule has 3 rings (SSSR count). The van der Waals surface area contributed by atoms with Crippen molar-refractivity contribution in [3.8, 4) is 0 Å². The van der Waals surface area contributed by atoms with Gasteiger partial charge in [-0.25, -0.2) is 15.0 Å². The molecule has 0 saturated carbocycles. The number of alkyl halides is 3. The summed E-state index contributed by atoms with van der Waals surface area (Å²) in [5.74, 6) is 0. The zero-order valence-electron chi connectivity index (χ0n) is 10.1. The van der Waals surface area contributed by atoms with Crippen LogP contribution in [0.1, 0.15) is 5.69 Å². The molecule has 0 spiro atoms. The molecule has 2 aromatic heterocycles. The van der Waals surface area contributed by atoms with E-state index in [1.165, 1.54) is 11.3 Å². The molecule has 0 aliphatic heterocycles. The summed E-state index contributed by atoms with van der Waals surface area (Å²) in [5.41, 5.74) is -0.271. The molecule has 3 aromatic rings. The molecule has 0 aliphatic rings. The van der Waals surface area contributed by atoms with Crippen molar-refractivity contribution in [1.29, 1.82) is 0 Å². The fraction of sp³-hybridized carbons (Fsp3) is 0.0833. The number of benzene rings is 1. The Hall–Kier alpha value is -1.38. The van der Waals surface area contributed by atoms with Gasteiger partial charge >= 0.3 is 6.18 Å². The predicted molar refractivity (Wildman–Crippen MR) is 75.8 cm³/mol. The zero-order chi connectivity index (χ0) is 15.0. The van der Waals surface area contributed by atoms with E-state index in [0.29, 0.717) is 4.34 Å². The van der Waals surface area contributed by atoms with Gasteiger partial charge in [0.15, 0.2) is 10.0 Å². The summed E-state index contributed by atoms with van der Waals surface area (Å²) in [6, 6.07) is 8.32. The van der Waals surface area contributed by atoms with E-state index in [1.54, 1.807) is 0 Å². The molecule has 0 bridgehead atoms. The first-order valence-corrected chi connectivity index (χ1v) is 7.58. The highest BCUT2D eigenvalue weighted by Gasteiger charge is 2.33. The molecule has 21 heavy (non-hydrogen) atoms. The second-order valence-corrected chi connectivity index (χ2v) is 6.54. The standard InChI is InChI=1S/C12H5ClF3N3S2/c13-10-18-8(12(14,15)16)5-9(19-10)21-11-17-6-3-1-2-4-7(6)20-11/h1-5H. The first kappa shape index (κ1) is 14.6. The van der Waals surface area contributed by atoms with E-state index in [-0.39, 0.29) is 5.03 Å². The Morgan fingerprint density at radius 3 is 2.57 bits per heavy atom. The molecule has 0 aliphatic carbocycles. The van der Waals surface area contributed by atoms with Gasteiger partial charge in [-0.05, 0) is 35.5 Å². The number of thiazole rings is 1. The van der Waals surface area contributed by atoms with Crippen LogP contribution in [0.25, 0.3) is 10.2 Å². The van der Waals surface area contributed by atoms with Crippen LogP contribution in [0.4, 0.5) is 13.2 Å². The monoisotopic (exact) mass is 347 g/mol. The molecule has 108 valence electrons. The van der Waals surface area contributed by atoms with Crippen molar-refractivity contribution >= 4 is 44.9 Å². The summed E-state index contributed by atoms with van der Waals surface area (Å²) in [5, 5.41) is -0.324. The second-order valence-electron chi connectivity index (χ2n) is 3.91. The lowest BCUT2D eigenvalue weighted by Crippen LogP contribution is -2.09. The van der Waals surface area contributed by atoms with Crippen LogP contribution in [0.2, 0.25) is 5.28 Å². The summed E-state index contributed by atoms with van der Waals surface area (Å²) < 4.78 is 39.6. The van der Waals surface area contributed by atoms with Crippen molar-refractivity contribution in [2.75, 3.05) is 0 Å².